The molecule has 10 heteroatoms. The van der Waals surface area contributed by atoms with E-state index in [1.807, 2.05) is 0 Å². The summed E-state index contributed by atoms with van der Waals surface area (Å²) < 4.78 is 27.8. The summed E-state index contributed by atoms with van der Waals surface area (Å²) in [5, 5.41) is 1.60. The van der Waals surface area contributed by atoms with Crippen LogP contribution < -0.4 is 18.9 Å². The van der Waals surface area contributed by atoms with Gasteiger partial charge in [0.05, 0.1) is 37.6 Å². The summed E-state index contributed by atoms with van der Waals surface area (Å²) in [4.78, 5) is 46.4. The number of carbonyl (C=O) groups excluding carboxylic acids is 3. The highest BCUT2D eigenvalue weighted by atomic mass is 17.2. The minimum atomic E-state index is -0.485. The summed E-state index contributed by atoms with van der Waals surface area (Å²) in [6.45, 7) is 8.88. The van der Waals surface area contributed by atoms with Crippen molar-refractivity contribution in [3.63, 3.8) is 0 Å². The highest BCUT2D eigenvalue weighted by Gasteiger charge is 2.13. The molecule has 54 heavy (non-hydrogen) atoms. The van der Waals surface area contributed by atoms with E-state index < -0.39 is 11.9 Å². The molecule has 0 unspecified atom stereocenters. The highest BCUT2D eigenvalue weighted by molar-refractivity contribution is 5.97. The lowest BCUT2D eigenvalue weighted by Crippen LogP contribution is -2.09. The largest absolute Gasteiger partial charge is 0.494 e. The molecule has 0 bridgehead atoms. The van der Waals surface area contributed by atoms with E-state index >= 15 is 0 Å². The van der Waals surface area contributed by atoms with E-state index in [-0.39, 0.29) is 5.97 Å². The Morgan fingerprint density at radius 1 is 0.537 bits per heavy atom. The minimum absolute atomic E-state index is 0.377. The van der Waals surface area contributed by atoms with Crippen LogP contribution >= 0.6 is 0 Å². The summed E-state index contributed by atoms with van der Waals surface area (Å²) in [5.41, 5.74) is 3.26. The highest BCUT2D eigenvalue weighted by Crippen LogP contribution is 2.25. The fourth-order valence-electron chi connectivity index (χ4n) is 5.29. The number of hydrogen-bond acceptors (Lipinski definition) is 10. The number of esters is 3. The zero-order valence-electron chi connectivity index (χ0n) is 30.6. The van der Waals surface area contributed by atoms with Crippen molar-refractivity contribution in [1.82, 2.24) is 0 Å². The molecule has 10 nitrogen and oxygen atoms in total. The van der Waals surface area contributed by atoms with E-state index in [0.717, 1.165) is 75.0 Å². The molecule has 0 aliphatic carbocycles. The standard InChI is InChI=1S/C44H48O10/c1-3-27-51-52-31-14-10-9-12-29-49-39-23-25-40(26-24-39)53-44(47)37-16-15-36-33-41(22-19-35(36)32-37)54-43(46)34-17-20-38(21-18-34)48-28-11-7-5-6-8-13-30-50-42(45)4-2/h4,15-27,32-33H,1-2,5-14,28-31H2. The Bertz CT molecular complexity index is 1820. The van der Waals surface area contributed by atoms with Crippen molar-refractivity contribution in [2.24, 2.45) is 0 Å². The van der Waals surface area contributed by atoms with Crippen molar-refractivity contribution in [2.75, 3.05) is 26.4 Å². The maximum atomic E-state index is 12.9. The van der Waals surface area contributed by atoms with Gasteiger partial charge in [0.15, 0.2) is 6.26 Å². The molecular weight excluding hydrogens is 688 g/mol. The number of unbranched alkanes of at least 4 members (excludes halogenated alkanes) is 8. The lowest BCUT2D eigenvalue weighted by molar-refractivity contribution is -0.248. The molecule has 0 spiro atoms. The number of carbonyl (C=O) groups is 3. The third kappa shape index (κ3) is 15.0. The zero-order chi connectivity index (χ0) is 38.2. The Morgan fingerprint density at radius 2 is 1.02 bits per heavy atom. The van der Waals surface area contributed by atoms with Gasteiger partial charge in [0.1, 0.15) is 23.0 Å². The first-order valence-corrected chi connectivity index (χ1v) is 18.3. The second-order valence-electron chi connectivity index (χ2n) is 12.3. The molecule has 0 N–H and O–H groups in total. The monoisotopic (exact) mass is 736 g/mol. The molecule has 4 aromatic carbocycles. The van der Waals surface area contributed by atoms with Crippen molar-refractivity contribution in [1.29, 1.82) is 0 Å². The molecular formula is C44H48O10. The zero-order valence-corrected chi connectivity index (χ0v) is 30.6. The van der Waals surface area contributed by atoms with Crippen molar-refractivity contribution in [3.8, 4) is 23.0 Å². The lowest BCUT2D eigenvalue weighted by atomic mass is 10.1. The number of ether oxygens (including phenoxy) is 5. The first-order valence-electron chi connectivity index (χ1n) is 18.3. The Kier molecular flexibility index (Phi) is 17.9. The van der Waals surface area contributed by atoms with E-state index in [1.165, 1.54) is 12.3 Å². The molecule has 0 fully saturated rings. The molecule has 0 amide bonds. The van der Waals surface area contributed by atoms with Gasteiger partial charge in [-0.25, -0.2) is 14.4 Å². The van der Waals surface area contributed by atoms with Crippen LogP contribution in [0, 0.1) is 0 Å². The van der Waals surface area contributed by atoms with Crippen LogP contribution in [0.25, 0.3) is 10.8 Å². The maximum absolute atomic E-state index is 12.9. The van der Waals surface area contributed by atoms with Crippen LogP contribution in [0.1, 0.15) is 84.9 Å². The molecule has 0 aliphatic rings. The van der Waals surface area contributed by atoms with Crippen LogP contribution in [-0.2, 0) is 19.3 Å². The molecule has 4 rings (SSSR count). The van der Waals surface area contributed by atoms with Crippen molar-refractivity contribution in [2.45, 2.75) is 64.2 Å². The normalized spacial score (nSPS) is 10.5. The third-order valence-electron chi connectivity index (χ3n) is 8.19. The lowest BCUT2D eigenvalue weighted by Gasteiger charge is -2.09. The average molecular weight is 737 g/mol. The van der Waals surface area contributed by atoms with Gasteiger partial charge in [-0.2, -0.15) is 4.89 Å². The van der Waals surface area contributed by atoms with Gasteiger partial charge in [-0.1, -0.05) is 63.1 Å². The molecule has 0 radical (unpaired) electrons. The Morgan fingerprint density at radius 3 is 1.67 bits per heavy atom. The SMILES string of the molecule is C=C=COOCCCCCCOc1ccc(OC(=O)c2ccc3cc(OC(=O)c4ccc(OCCCCCCCCOC(=O)C=C)cc4)ccc3c2)cc1. The Balaban J connectivity index is 1.13. The van der Waals surface area contributed by atoms with Gasteiger partial charge in [-0.05, 0) is 116 Å². The number of fused-ring (bicyclic) bond motifs is 1. The van der Waals surface area contributed by atoms with E-state index in [2.05, 4.69) is 18.9 Å². The van der Waals surface area contributed by atoms with Crippen molar-refractivity contribution < 1.29 is 47.8 Å². The molecule has 0 aromatic heterocycles. The van der Waals surface area contributed by atoms with Crippen LogP contribution in [0.3, 0.4) is 0 Å². The fraction of sp³-hybridized carbons (Fsp3) is 0.318. The van der Waals surface area contributed by atoms with Gasteiger partial charge in [-0.3, -0.25) is 0 Å². The summed E-state index contributed by atoms with van der Waals surface area (Å²) in [6.07, 6.45) is 12.3. The smallest absolute Gasteiger partial charge is 0.343 e. The third-order valence-corrected chi connectivity index (χ3v) is 8.19. The summed E-state index contributed by atoms with van der Waals surface area (Å²) >= 11 is 0. The van der Waals surface area contributed by atoms with Crippen molar-refractivity contribution in [3.05, 3.63) is 127 Å². The van der Waals surface area contributed by atoms with Gasteiger partial charge in [0.2, 0.25) is 0 Å². The molecule has 0 heterocycles. The number of benzene rings is 4. The average Bonchev–Trinajstić information content (AvgIpc) is 3.19. The minimum Gasteiger partial charge on any atom is -0.494 e. The topological polar surface area (TPSA) is 116 Å². The molecule has 0 atom stereocenters. The predicted octanol–water partition coefficient (Wildman–Crippen LogP) is 9.91. The summed E-state index contributed by atoms with van der Waals surface area (Å²) in [5.74, 6) is 0.839. The van der Waals surface area contributed by atoms with Crippen molar-refractivity contribution >= 4 is 28.7 Å². The first kappa shape index (κ1) is 40.9. The quantitative estimate of drug-likeness (QED) is 0.00952. The van der Waals surface area contributed by atoms with E-state index in [9.17, 15) is 14.4 Å². The second kappa shape index (κ2) is 23.7. The molecule has 4 aromatic rings. The van der Waals surface area contributed by atoms with Crippen LogP contribution in [-0.4, -0.2) is 44.3 Å². The maximum Gasteiger partial charge on any atom is 0.343 e. The summed E-state index contributed by atoms with van der Waals surface area (Å²) in [6, 6.07) is 24.3. The Hall–Kier alpha value is -5.83. The fourth-order valence-corrected chi connectivity index (χ4v) is 5.29. The van der Waals surface area contributed by atoms with Gasteiger partial charge >= 0.3 is 17.9 Å². The van der Waals surface area contributed by atoms with E-state index in [0.29, 0.717) is 60.6 Å². The van der Waals surface area contributed by atoms with Gasteiger partial charge < -0.3 is 28.6 Å². The molecule has 0 aliphatic heterocycles. The van der Waals surface area contributed by atoms with E-state index in [1.54, 1.807) is 84.9 Å². The first-order chi connectivity index (χ1) is 26.4. The molecule has 0 saturated heterocycles. The van der Waals surface area contributed by atoms with Crippen LogP contribution in [0.2, 0.25) is 0 Å². The van der Waals surface area contributed by atoms with Gasteiger partial charge in [-0.15, -0.1) is 0 Å². The second-order valence-corrected chi connectivity index (χ2v) is 12.3. The number of hydrogen-bond donors (Lipinski definition) is 0. The molecule has 0 saturated carbocycles. The predicted molar refractivity (Wildman–Crippen MR) is 206 cm³/mol. The van der Waals surface area contributed by atoms with Gasteiger partial charge in [0, 0.05) is 6.08 Å². The molecule has 284 valence electrons. The summed E-state index contributed by atoms with van der Waals surface area (Å²) in [7, 11) is 0. The van der Waals surface area contributed by atoms with Crippen LogP contribution in [0.5, 0.6) is 23.0 Å². The Labute approximate surface area is 316 Å². The van der Waals surface area contributed by atoms with Gasteiger partial charge in [0.25, 0.3) is 0 Å². The van der Waals surface area contributed by atoms with Crippen LogP contribution in [0.4, 0.5) is 0 Å². The van der Waals surface area contributed by atoms with Crippen LogP contribution in [0.15, 0.2) is 116 Å². The number of rotatable bonds is 25. The van der Waals surface area contributed by atoms with E-state index in [4.69, 9.17) is 33.5 Å².